The number of rotatable bonds is 7. The first-order valence-corrected chi connectivity index (χ1v) is 15.1. The van der Waals surface area contributed by atoms with Crippen LogP contribution in [0.3, 0.4) is 0 Å². The van der Waals surface area contributed by atoms with Crippen molar-refractivity contribution in [2.24, 2.45) is 13.0 Å². The lowest BCUT2D eigenvalue weighted by molar-refractivity contribution is -0.120. The highest BCUT2D eigenvalue weighted by molar-refractivity contribution is 8.00. The van der Waals surface area contributed by atoms with Crippen LogP contribution in [-0.2, 0) is 16.6 Å². The molecule has 39 heavy (non-hydrogen) atoms. The van der Waals surface area contributed by atoms with Crippen molar-refractivity contribution in [3.05, 3.63) is 53.4 Å². The first-order valence-electron chi connectivity index (χ1n) is 13.1. The van der Waals surface area contributed by atoms with Gasteiger partial charge in [0.2, 0.25) is 5.91 Å². The molecule has 1 aromatic carbocycles. The van der Waals surface area contributed by atoms with Crippen molar-refractivity contribution < 1.29 is 19.1 Å². The molecule has 1 aliphatic carbocycles. The largest absolute Gasteiger partial charge is 0.381 e. The fourth-order valence-electron chi connectivity index (χ4n) is 4.98. The quantitative estimate of drug-likeness (QED) is 0.450. The summed E-state index contributed by atoms with van der Waals surface area (Å²) in [7, 11) is 1.78. The van der Waals surface area contributed by atoms with Crippen LogP contribution in [0.4, 0.5) is 5.13 Å². The van der Waals surface area contributed by atoms with E-state index in [1.54, 1.807) is 52.8 Å². The predicted molar refractivity (Wildman–Crippen MR) is 150 cm³/mol. The zero-order valence-electron chi connectivity index (χ0n) is 21.5. The predicted octanol–water partition coefficient (Wildman–Crippen LogP) is 3.38. The first-order chi connectivity index (χ1) is 19.0. The van der Waals surface area contributed by atoms with Crippen LogP contribution in [0.5, 0.6) is 0 Å². The molecule has 2 N–H and O–H groups in total. The molecule has 0 radical (unpaired) electrons. The number of carbonyl (C=O) groups is 3. The maximum Gasteiger partial charge on any atom is 0.291 e. The van der Waals surface area contributed by atoms with E-state index < -0.39 is 6.04 Å². The van der Waals surface area contributed by atoms with Crippen molar-refractivity contribution in [1.82, 2.24) is 24.8 Å². The van der Waals surface area contributed by atoms with Crippen molar-refractivity contribution in [2.45, 2.75) is 43.1 Å². The molecule has 3 aliphatic rings. The lowest BCUT2D eigenvalue weighted by Gasteiger charge is -2.35. The molecule has 3 amide bonds. The normalized spacial score (nSPS) is 21.6. The summed E-state index contributed by atoms with van der Waals surface area (Å²) in [6.07, 6.45) is 7.13. The highest BCUT2D eigenvalue weighted by Gasteiger charge is 2.46. The van der Waals surface area contributed by atoms with E-state index in [1.807, 2.05) is 17.5 Å². The number of anilines is 1. The number of hydrogen-bond donors (Lipinski definition) is 2. The number of amides is 3. The van der Waals surface area contributed by atoms with Crippen LogP contribution < -0.4 is 10.6 Å². The zero-order chi connectivity index (χ0) is 26.9. The Kier molecular flexibility index (Phi) is 7.41. The van der Waals surface area contributed by atoms with Crippen LogP contribution >= 0.6 is 23.1 Å². The van der Waals surface area contributed by atoms with Gasteiger partial charge < -0.3 is 24.8 Å². The zero-order valence-corrected chi connectivity index (χ0v) is 23.2. The SMILES string of the molecule is Cn1ccnc1C(=O)N1C(C2CCOCC2)SC[C@H]1C(=O)Nc1nc(-c2ccc(C(=O)NC3CC3)cc2)cs1. The Hall–Kier alpha value is -3.22. The lowest BCUT2D eigenvalue weighted by Crippen LogP contribution is -2.50. The van der Waals surface area contributed by atoms with Crippen molar-refractivity contribution >= 4 is 46.0 Å². The van der Waals surface area contributed by atoms with Gasteiger partial charge >= 0.3 is 0 Å². The number of thiazole rings is 1. The van der Waals surface area contributed by atoms with Crippen LogP contribution in [0.1, 0.15) is 46.7 Å². The summed E-state index contributed by atoms with van der Waals surface area (Å²) in [6, 6.07) is 6.98. The molecule has 12 heteroatoms. The molecule has 2 aliphatic heterocycles. The average molecular weight is 567 g/mol. The van der Waals surface area contributed by atoms with Gasteiger partial charge in [-0.2, -0.15) is 0 Å². The highest BCUT2D eigenvalue weighted by atomic mass is 32.2. The van der Waals surface area contributed by atoms with Crippen LogP contribution in [0, 0.1) is 5.92 Å². The second kappa shape index (κ2) is 11.1. The number of aryl methyl sites for hydroxylation is 1. The van der Waals surface area contributed by atoms with Crippen molar-refractivity contribution in [2.75, 3.05) is 24.3 Å². The van der Waals surface area contributed by atoms with E-state index in [-0.39, 0.29) is 29.0 Å². The molecule has 2 aromatic heterocycles. The molecule has 0 spiro atoms. The van der Waals surface area contributed by atoms with E-state index in [0.717, 1.165) is 31.2 Å². The number of carbonyl (C=O) groups excluding carboxylic acids is 3. The van der Waals surface area contributed by atoms with Crippen LogP contribution in [0.2, 0.25) is 0 Å². The number of benzene rings is 1. The smallest absolute Gasteiger partial charge is 0.291 e. The molecule has 1 saturated carbocycles. The average Bonchev–Trinajstić information content (AvgIpc) is 3.31. The van der Waals surface area contributed by atoms with Gasteiger partial charge in [0.05, 0.1) is 11.1 Å². The van der Waals surface area contributed by atoms with Gasteiger partial charge in [0.15, 0.2) is 11.0 Å². The summed E-state index contributed by atoms with van der Waals surface area (Å²) in [5.74, 6) is 0.521. The summed E-state index contributed by atoms with van der Waals surface area (Å²) in [5.41, 5.74) is 2.19. The third-order valence-corrected chi connectivity index (χ3v) is 9.56. The lowest BCUT2D eigenvalue weighted by atomic mass is 9.98. The van der Waals surface area contributed by atoms with Gasteiger partial charge in [-0.05, 0) is 43.7 Å². The standard InChI is InChI=1S/C27H30N6O4S2/c1-32-11-10-28-22(32)25(36)33-21(15-38-26(33)18-8-12-37-13-9-18)24(35)31-27-30-20(14-39-27)16-2-4-17(5-3-16)23(34)29-19-6-7-19/h2-5,10-11,14,18-19,21,26H,6-9,12-13,15H2,1H3,(H,29,34)(H,30,31,35)/t21-,26?/m0/s1. The van der Waals surface area contributed by atoms with E-state index >= 15 is 0 Å². The minimum Gasteiger partial charge on any atom is -0.381 e. The fourth-order valence-corrected chi connectivity index (χ4v) is 7.34. The number of nitrogens with one attached hydrogen (secondary N) is 2. The topological polar surface area (TPSA) is 118 Å². The number of thioether (sulfide) groups is 1. The Balaban J connectivity index is 1.16. The Morgan fingerprint density at radius 2 is 1.85 bits per heavy atom. The van der Waals surface area contributed by atoms with E-state index in [0.29, 0.717) is 47.2 Å². The van der Waals surface area contributed by atoms with Crippen molar-refractivity contribution in [3.8, 4) is 11.3 Å². The maximum atomic E-state index is 13.7. The molecular formula is C27H30N6O4S2. The summed E-state index contributed by atoms with van der Waals surface area (Å²) >= 11 is 2.98. The number of ether oxygens (including phenoxy) is 1. The molecular weight excluding hydrogens is 536 g/mol. The second-order valence-corrected chi connectivity index (χ2v) is 12.1. The van der Waals surface area contributed by atoms with Gasteiger partial charge in [-0.3, -0.25) is 14.4 Å². The van der Waals surface area contributed by atoms with Crippen LogP contribution in [0.25, 0.3) is 11.3 Å². The Bertz CT molecular complexity index is 1360. The van der Waals surface area contributed by atoms with Gasteiger partial charge in [0.25, 0.3) is 11.8 Å². The molecule has 0 bridgehead atoms. The second-order valence-electron chi connectivity index (χ2n) is 10.1. The minimum atomic E-state index is -0.636. The van der Waals surface area contributed by atoms with Crippen LogP contribution in [0.15, 0.2) is 42.0 Å². The number of imidazole rings is 1. The number of aromatic nitrogens is 3. The Labute approximate surface area is 234 Å². The molecule has 2 saturated heterocycles. The number of nitrogens with zero attached hydrogens (tertiary/aromatic N) is 4. The minimum absolute atomic E-state index is 0.0617. The summed E-state index contributed by atoms with van der Waals surface area (Å²) in [4.78, 5) is 50.0. The molecule has 6 rings (SSSR count). The van der Waals surface area contributed by atoms with E-state index in [1.165, 1.54) is 11.3 Å². The van der Waals surface area contributed by atoms with E-state index in [9.17, 15) is 14.4 Å². The third-order valence-electron chi connectivity index (χ3n) is 7.34. The summed E-state index contributed by atoms with van der Waals surface area (Å²) in [5, 5.41) is 8.16. The number of hydrogen-bond acceptors (Lipinski definition) is 8. The first kappa shape index (κ1) is 26.0. The summed E-state index contributed by atoms with van der Waals surface area (Å²) < 4.78 is 7.23. The molecule has 2 atom stereocenters. The molecule has 1 unspecified atom stereocenters. The Morgan fingerprint density at radius 3 is 2.54 bits per heavy atom. The van der Waals surface area contributed by atoms with Gasteiger partial charge in [0.1, 0.15) is 6.04 Å². The summed E-state index contributed by atoms with van der Waals surface area (Å²) in [6.45, 7) is 1.33. The van der Waals surface area contributed by atoms with Crippen molar-refractivity contribution in [1.29, 1.82) is 0 Å². The highest BCUT2D eigenvalue weighted by Crippen LogP contribution is 2.39. The molecule has 204 valence electrons. The van der Waals surface area contributed by atoms with Gasteiger partial charge in [-0.1, -0.05) is 12.1 Å². The molecule has 4 heterocycles. The molecule has 3 aromatic rings. The molecule has 3 fully saturated rings. The fraction of sp³-hybridized carbons (Fsp3) is 0.444. The van der Waals surface area contributed by atoms with E-state index in [2.05, 4.69) is 20.6 Å². The van der Waals surface area contributed by atoms with Gasteiger partial charge in [-0.15, -0.1) is 23.1 Å². The maximum absolute atomic E-state index is 13.7. The van der Waals surface area contributed by atoms with Gasteiger partial charge in [0, 0.05) is 61.0 Å². The van der Waals surface area contributed by atoms with Crippen LogP contribution in [-0.4, -0.2) is 73.6 Å². The van der Waals surface area contributed by atoms with Gasteiger partial charge in [-0.25, -0.2) is 9.97 Å². The van der Waals surface area contributed by atoms with Crippen molar-refractivity contribution in [3.63, 3.8) is 0 Å². The third kappa shape index (κ3) is 5.59. The monoisotopic (exact) mass is 566 g/mol. The van der Waals surface area contributed by atoms with E-state index in [4.69, 9.17) is 4.74 Å². The Morgan fingerprint density at radius 1 is 1.08 bits per heavy atom. The molecule has 10 nitrogen and oxygen atoms in total.